The van der Waals surface area contributed by atoms with Crippen molar-refractivity contribution in [3.8, 4) is 11.8 Å². The summed E-state index contributed by atoms with van der Waals surface area (Å²) in [6.07, 6.45) is 10.4. The molecule has 1 N–H and O–H groups in total. The maximum atomic E-state index is 11.2. The highest BCUT2D eigenvalue weighted by Crippen LogP contribution is 2.14. The Bertz CT molecular complexity index is 726. The van der Waals surface area contributed by atoms with E-state index in [4.69, 9.17) is 4.74 Å². The first-order chi connectivity index (χ1) is 13.8. The average molecular weight is 398 g/mol. The minimum atomic E-state index is -0.479. The van der Waals surface area contributed by atoms with Crippen molar-refractivity contribution >= 4 is 23.0 Å². The first-order valence-electron chi connectivity index (χ1n) is 10.3. The number of hydrogen-bond acceptors (Lipinski definition) is 4. The lowest BCUT2D eigenvalue weighted by Crippen LogP contribution is -2.01. The van der Waals surface area contributed by atoms with Gasteiger partial charge < -0.3 is 10.1 Å². The summed E-state index contributed by atoms with van der Waals surface area (Å²) in [4.78, 5) is 12.7. The molecule has 0 saturated carbocycles. The van der Waals surface area contributed by atoms with Gasteiger partial charge in [0.1, 0.15) is 0 Å². The Balaban J connectivity index is 1.47. The molecule has 0 amide bonds. The molecule has 3 nitrogen and oxygen atoms in total. The van der Waals surface area contributed by atoms with Crippen LogP contribution in [0, 0.1) is 11.8 Å². The second kappa shape index (κ2) is 13.8. The van der Waals surface area contributed by atoms with Crippen LogP contribution in [-0.2, 0) is 16.0 Å². The normalized spacial score (nSPS) is 10.2. The van der Waals surface area contributed by atoms with Crippen LogP contribution in [0.25, 0.3) is 0 Å². The molecule has 0 unspecified atom stereocenters. The van der Waals surface area contributed by atoms with Crippen molar-refractivity contribution in [1.29, 1.82) is 0 Å². The number of carbonyl (C=O) groups is 1. The van der Waals surface area contributed by atoms with Gasteiger partial charge >= 0.3 is 5.97 Å². The van der Waals surface area contributed by atoms with Crippen LogP contribution < -0.4 is 5.32 Å². The topological polar surface area (TPSA) is 38.3 Å². The Morgan fingerprint density at radius 2 is 1.71 bits per heavy atom. The van der Waals surface area contributed by atoms with Gasteiger partial charge in [0.25, 0.3) is 0 Å². The monoisotopic (exact) mass is 397 g/mol. The van der Waals surface area contributed by atoms with Crippen molar-refractivity contribution in [3.05, 3.63) is 52.2 Å². The van der Waals surface area contributed by atoms with Crippen molar-refractivity contribution in [2.24, 2.45) is 0 Å². The third-order valence-electron chi connectivity index (χ3n) is 4.48. The van der Waals surface area contributed by atoms with Crippen LogP contribution in [0.5, 0.6) is 0 Å². The lowest BCUT2D eigenvalue weighted by atomic mass is 10.1. The molecule has 0 radical (unpaired) electrons. The number of benzene rings is 1. The number of aryl methyl sites for hydroxylation is 1. The molecule has 0 aliphatic carbocycles. The summed E-state index contributed by atoms with van der Waals surface area (Å²) in [6, 6.07) is 12.2. The largest absolute Gasteiger partial charge is 0.456 e. The van der Waals surface area contributed by atoms with E-state index in [9.17, 15) is 4.79 Å². The fourth-order valence-corrected chi connectivity index (χ4v) is 3.71. The molecular weight excluding hydrogens is 366 g/mol. The van der Waals surface area contributed by atoms with E-state index in [1.165, 1.54) is 56.2 Å². The number of ether oxygens (including phenoxy) is 1. The average Bonchev–Trinajstić information content (AvgIpc) is 3.22. The predicted octanol–water partition coefficient (Wildman–Crippen LogP) is 6.05. The standard InChI is InChI=1S/C24H31NO2S/c1-2-27-24(26)18-15-21-13-16-22(17-14-21)25-19-9-7-5-3-4-6-8-11-23-12-10-20-28-23/h10,12-14,16-17,20,25H,2-9,11,19H2,1H3. The number of hydrogen-bond donors (Lipinski definition) is 1. The molecule has 0 aliphatic heterocycles. The number of carbonyl (C=O) groups excluding carboxylic acids is 1. The van der Waals surface area contributed by atoms with Gasteiger partial charge in [-0.15, -0.1) is 11.3 Å². The summed E-state index contributed by atoms with van der Waals surface area (Å²) in [5.74, 6) is 4.82. The van der Waals surface area contributed by atoms with E-state index in [-0.39, 0.29) is 0 Å². The second-order valence-electron chi connectivity index (χ2n) is 6.78. The molecule has 1 heterocycles. The molecule has 0 fully saturated rings. The molecule has 0 atom stereocenters. The van der Waals surface area contributed by atoms with E-state index in [0.29, 0.717) is 6.61 Å². The summed E-state index contributed by atoms with van der Waals surface area (Å²) in [6.45, 7) is 3.12. The molecule has 1 aromatic carbocycles. The van der Waals surface area contributed by atoms with Gasteiger partial charge in [-0.1, -0.05) is 44.1 Å². The number of esters is 1. The van der Waals surface area contributed by atoms with Crippen LogP contribution in [0.4, 0.5) is 5.69 Å². The highest BCUT2D eigenvalue weighted by molar-refractivity contribution is 7.09. The van der Waals surface area contributed by atoms with Crippen molar-refractivity contribution in [1.82, 2.24) is 0 Å². The zero-order valence-electron chi connectivity index (χ0n) is 16.8. The summed E-state index contributed by atoms with van der Waals surface area (Å²) in [5, 5.41) is 5.61. The molecule has 0 spiro atoms. The van der Waals surface area contributed by atoms with E-state index >= 15 is 0 Å². The van der Waals surface area contributed by atoms with E-state index < -0.39 is 5.97 Å². The molecule has 4 heteroatoms. The number of unbranched alkanes of at least 4 members (excludes halogenated alkanes) is 6. The molecule has 28 heavy (non-hydrogen) atoms. The maximum Gasteiger partial charge on any atom is 0.384 e. The van der Waals surface area contributed by atoms with Crippen LogP contribution in [0.2, 0.25) is 0 Å². The molecule has 2 aromatic rings. The number of rotatable bonds is 12. The summed E-state index contributed by atoms with van der Waals surface area (Å²) in [7, 11) is 0. The van der Waals surface area contributed by atoms with Gasteiger partial charge in [0.2, 0.25) is 0 Å². The minimum Gasteiger partial charge on any atom is -0.456 e. The van der Waals surface area contributed by atoms with Gasteiger partial charge in [-0.2, -0.15) is 0 Å². The van der Waals surface area contributed by atoms with Crippen LogP contribution in [0.3, 0.4) is 0 Å². The van der Waals surface area contributed by atoms with Crippen molar-refractivity contribution in [2.75, 3.05) is 18.5 Å². The van der Waals surface area contributed by atoms with Gasteiger partial charge in [0, 0.05) is 28.6 Å². The SMILES string of the molecule is CCOC(=O)C#Cc1ccc(NCCCCCCCCCc2cccs2)cc1. The fourth-order valence-electron chi connectivity index (χ4n) is 2.96. The van der Waals surface area contributed by atoms with Crippen molar-refractivity contribution in [2.45, 2.75) is 58.3 Å². The smallest absolute Gasteiger partial charge is 0.384 e. The third kappa shape index (κ3) is 9.62. The molecule has 0 saturated heterocycles. The summed E-state index contributed by atoms with van der Waals surface area (Å²) in [5.41, 5.74) is 1.91. The third-order valence-corrected chi connectivity index (χ3v) is 5.41. The number of anilines is 1. The van der Waals surface area contributed by atoms with Gasteiger partial charge in [0.15, 0.2) is 0 Å². The number of thiophene rings is 1. The Hall–Kier alpha value is -2.25. The molecule has 0 bridgehead atoms. The van der Waals surface area contributed by atoms with Crippen LogP contribution in [-0.4, -0.2) is 19.1 Å². The molecule has 0 aliphatic rings. The van der Waals surface area contributed by atoms with E-state index in [1.807, 2.05) is 35.6 Å². The highest BCUT2D eigenvalue weighted by Gasteiger charge is 1.97. The van der Waals surface area contributed by atoms with Crippen molar-refractivity contribution in [3.63, 3.8) is 0 Å². The van der Waals surface area contributed by atoms with Crippen LogP contribution in [0.15, 0.2) is 41.8 Å². The van der Waals surface area contributed by atoms with Crippen molar-refractivity contribution < 1.29 is 9.53 Å². The first kappa shape index (κ1) is 22.0. The fraction of sp³-hybridized carbons (Fsp3) is 0.458. The molecule has 150 valence electrons. The Morgan fingerprint density at radius 3 is 2.39 bits per heavy atom. The van der Waals surface area contributed by atoms with Crippen LogP contribution in [0.1, 0.15) is 62.3 Å². The quantitative estimate of drug-likeness (QED) is 0.269. The zero-order chi connectivity index (χ0) is 19.9. The molecule has 1 aromatic heterocycles. The van der Waals surface area contributed by atoms with E-state index in [2.05, 4.69) is 34.7 Å². The first-order valence-corrected chi connectivity index (χ1v) is 11.2. The van der Waals surface area contributed by atoms with Gasteiger partial charge in [-0.3, -0.25) is 0 Å². The lowest BCUT2D eigenvalue weighted by Gasteiger charge is -2.06. The molecular formula is C24H31NO2S. The van der Waals surface area contributed by atoms with E-state index in [0.717, 1.165) is 17.8 Å². The lowest BCUT2D eigenvalue weighted by molar-refractivity contribution is -0.136. The summed E-state index contributed by atoms with van der Waals surface area (Å²) >= 11 is 1.87. The van der Waals surface area contributed by atoms with Gasteiger partial charge in [-0.25, -0.2) is 4.79 Å². The van der Waals surface area contributed by atoms with Gasteiger partial charge in [-0.05, 0) is 61.9 Å². The Labute approximate surface area is 173 Å². The maximum absolute atomic E-state index is 11.2. The van der Waals surface area contributed by atoms with Crippen LogP contribution >= 0.6 is 11.3 Å². The zero-order valence-corrected chi connectivity index (χ0v) is 17.7. The summed E-state index contributed by atoms with van der Waals surface area (Å²) < 4.78 is 4.79. The van der Waals surface area contributed by atoms with E-state index in [1.54, 1.807) is 6.92 Å². The minimum absolute atomic E-state index is 0.353. The molecule has 2 rings (SSSR count). The second-order valence-corrected chi connectivity index (χ2v) is 7.81. The number of nitrogens with one attached hydrogen (secondary N) is 1. The Morgan fingerprint density at radius 1 is 1.00 bits per heavy atom. The van der Waals surface area contributed by atoms with Gasteiger partial charge in [0.05, 0.1) is 6.61 Å². The predicted molar refractivity (Wildman–Crippen MR) is 119 cm³/mol. The Kier molecular flexibility index (Phi) is 10.9. The highest BCUT2D eigenvalue weighted by atomic mass is 32.1.